The van der Waals surface area contributed by atoms with Gasteiger partial charge in [0.15, 0.2) is 0 Å². The molecule has 3 aliphatic heterocycles. The molecule has 3 fully saturated rings. The third kappa shape index (κ3) is 3.32. The topological polar surface area (TPSA) is 50.8 Å². The van der Waals surface area contributed by atoms with Crippen molar-refractivity contribution in [3.05, 3.63) is 0 Å². The lowest BCUT2D eigenvalue weighted by molar-refractivity contribution is -0.139. The van der Waals surface area contributed by atoms with Crippen molar-refractivity contribution in [2.24, 2.45) is 5.41 Å². The first-order valence-corrected chi connectivity index (χ1v) is 7.94. The van der Waals surface area contributed by atoms with Crippen LogP contribution < -0.4 is 5.32 Å². The van der Waals surface area contributed by atoms with Gasteiger partial charge >= 0.3 is 0 Å². The van der Waals surface area contributed by atoms with Crippen molar-refractivity contribution in [3.63, 3.8) is 0 Å². The minimum absolute atomic E-state index is 0.191. The summed E-state index contributed by atoms with van der Waals surface area (Å²) >= 11 is 0. The van der Waals surface area contributed by atoms with Gasteiger partial charge in [-0.05, 0) is 25.7 Å². The number of amides is 1. The van der Waals surface area contributed by atoms with Gasteiger partial charge in [0, 0.05) is 44.1 Å². The summed E-state index contributed by atoms with van der Waals surface area (Å²) in [5.74, 6) is 0.276. The maximum Gasteiger partial charge on any atom is 0.224 e. The highest BCUT2D eigenvalue weighted by Gasteiger charge is 2.39. The van der Waals surface area contributed by atoms with E-state index in [1.165, 1.54) is 12.8 Å². The van der Waals surface area contributed by atoms with Crippen molar-refractivity contribution in [2.75, 3.05) is 46.1 Å². The highest BCUT2D eigenvalue weighted by molar-refractivity contribution is 5.77. The molecule has 3 heterocycles. The molecule has 1 N–H and O–H groups in total. The van der Waals surface area contributed by atoms with Gasteiger partial charge in [-0.15, -0.1) is 0 Å². The number of rotatable bonds is 2. The molecule has 0 saturated carbocycles. The fraction of sp³-hybridized carbons (Fsp3) is 0.933. The first-order valence-electron chi connectivity index (χ1n) is 7.94. The SMILES string of the molecule is O=C(CC1COCCN1)N1CCCC2(CCCOC2)C1. The Bertz CT molecular complexity index is 331. The number of morpholine rings is 1. The number of carbonyl (C=O) groups excluding carboxylic acids is 1. The van der Waals surface area contributed by atoms with Gasteiger partial charge in [0.25, 0.3) is 0 Å². The predicted octanol–water partition coefficient (Wildman–Crippen LogP) is 0.784. The number of nitrogens with zero attached hydrogens (tertiary/aromatic N) is 1. The molecular weight excluding hydrogens is 256 g/mol. The largest absolute Gasteiger partial charge is 0.381 e. The van der Waals surface area contributed by atoms with E-state index in [0.29, 0.717) is 13.0 Å². The summed E-state index contributed by atoms with van der Waals surface area (Å²) in [4.78, 5) is 14.5. The molecule has 5 nitrogen and oxygen atoms in total. The lowest BCUT2D eigenvalue weighted by atomic mass is 9.76. The van der Waals surface area contributed by atoms with Crippen molar-refractivity contribution in [3.8, 4) is 0 Å². The summed E-state index contributed by atoms with van der Waals surface area (Å²) < 4.78 is 11.1. The lowest BCUT2D eigenvalue weighted by Gasteiger charge is -2.45. The van der Waals surface area contributed by atoms with Crippen molar-refractivity contribution in [2.45, 2.75) is 38.1 Å². The molecule has 3 rings (SSSR count). The maximum absolute atomic E-state index is 12.5. The van der Waals surface area contributed by atoms with Crippen LogP contribution in [0.4, 0.5) is 0 Å². The smallest absolute Gasteiger partial charge is 0.224 e. The van der Waals surface area contributed by atoms with Gasteiger partial charge in [-0.3, -0.25) is 4.79 Å². The Hall–Kier alpha value is -0.650. The van der Waals surface area contributed by atoms with Gasteiger partial charge in [-0.2, -0.15) is 0 Å². The van der Waals surface area contributed by atoms with Crippen LogP contribution in [-0.4, -0.2) is 62.9 Å². The van der Waals surface area contributed by atoms with Gasteiger partial charge < -0.3 is 19.7 Å². The van der Waals surface area contributed by atoms with E-state index in [9.17, 15) is 4.79 Å². The second-order valence-corrected chi connectivity index (χ2v) is 6.51. The van der Waals surface area contributed by atoms with Gasteiger partial charge in [0.2, 0.25) is 5.91 Å². The second-order valence-electron chi connectivity index (χ2n) is 6.51. The van der Waals surface area contributed by atoms with Crippen molar-refractivity contribution >= 4 is 5.91 Å². The highest BCUT2D eigenvalue weighted by atomic mass is 16.5. The van der Waals surface area contributed by atoms with E-state index in [2.05, 4.69) is 10.2 Å². The molecule has 2 atom stereocenters. The lowest BCUT2D eigenvalue weighted by Crippen LogP contribution is -2.51. The van der Waals surface area contributed by atoms with E-state index in [4.69, 9.17) is 9.47 Å². The molecular formula is C15H26N2O3. The predicted molar refractivity (Wildman–Crippen MR) is 75.5 cm³/mol. The van der Waals surface area contributed by atoms with E-state index in [1.807, 2.05) is 0 Å². The van der Waals surface area contributed by atoms with Crippen molar-refractivity contribution in [1.82, 2.24) is 10.2 Å². The minimum atomic E-state index is 0.191. The monoisotopic (exact) mass is 282 g/mol. The van der Waals surface area contributed by atoms with Gasteiger partial charge in [0.05, 0.1) is 19.8 Å². The number of carbonyl (C=O) groups is 1. The standard InChI is InChI=1S/C15H26N2O3/c18-14(9-13-10-19-8-5-16-13)17-6-1-3-15(11-17)4-2-7-20-12-15/h13,16H,1-12H2. The van der Waals surface area contributed by atoms with Crippen LogP contribution in [0.2, 0.25) is 0 Å². The van der Waals surface area contributed by atoms with Crippen molar-refractivity contribution in [1.29, 1.82) is 0 Å². The average Bonchev–Trinajstić information content (AvgIpc) is 2.49. The number of ether oxygens (including phenoxy) is 2. The number of nitrogens with one attached hydrogen (secondary N) is 1. The number of piperidine rings is 1. The summed E-state index contributed by atoms with van der Waals surface area (Å²) in [6, 6.07) is 0.191. The first kappa shape index (κ1) is 14.3. The molecule has 0 aromatic heterocycles. The van der Waals surface area contributed by atoms with Crippen LogP contribution in [0.1, 0.15) is 32.1 Å². The van der Waals surface area contributed by atoms with E-state index < -0.39 is 0 Å². The zero-order valence-electron chi connectivity index (χ0n) is 12.2. The van der Waals surface area contributed by atoms with Crippen LogP contribution in [0.5, 0.6) is 0 Å². The van der Waals surface area contributed by atoms with Gasteiger partial charge in [0.1, 0.15) is 0 Å². The molecule has 114 valence electrons. The molecule has 1 amide bonds. The molecule has 0 aliphatic carbocycles. The normalized spacial score (nSPS) is 35.2. The molecule has 20 heavy (non-hydrogen) atoms. The maximum atomic E-state index is 12.5. The summed E-state index contributed by atoms with van der Waals surface area (Å²) in [6.45, 7) is 5.80. The van der Waals surface area contributed by atoms with Crippen LogP contribution in [0.25, 0.3) is 0 Å². The highest BCUT2D eigenvalue weighted by Crippen LogP contribution is 2.37. The zero-order chi connectivity index (χ0) is 13.8. The van der Waals surface area contributed by atoms with Gasteiger partial charge in [-0.1, -0.05) is 0 Å². The van der Waals surface area contributed by atoms with Crippen LogP contribution >= 0.6 is 0 Å². The summed E-state index contributed by atoms with van der Waals surface area (Å²) in [7, 11) is 0. The third-order valence-corrected chi connectivity index (χ3v) is 4.84. The zero-order valence-corrected chi connectivity index (χ0v) is 12.2. The third-order valence-electron chi connectivity index (χ3n) is 4.84. The molecule has 3 saturated heterocycles. The Morgan fingerprint density at radius 3 is 2.90 bits per heavy atom. The molecule has 1 spiro atoms. The number of hydrogen-bond donors (Lipinski definition) is 1. The summed E-state index contributed by atoms with van der Waals surface area (Å²) in [6.07, 6.45) is 5.24. The average molecular weight is 282 g/mol. The molecule has 5 heteroatoms. The summed E-state index contributed by atoms with van der Waals surface area (Å²) in [5.41, 5.74) is 0.239. The van der Waals surface area contributed by atoms with Crippen LogP contribution in [0, 0.1) is 5.41 Å². The molecule has 3 aliphatic rings. The van der Waals surface area contributed by atoms with E-state index >= 15 is 0 Å². The van der Waals surface area contributed by atoms with Crippen molar-refractivity contribution < 1.29 is 14.3 Å². The first-order chi connectivity index (χ1) is 9.77. The van der Waals surface area contributed by atoms with Gasteiger partial charge in [-0.25, -0.2) is 0 Å². The van der Waals surface area contributed by atoms with E-state index in [0.717, 1.165) is 52.3 Å². The quantitative estimate of drug-likeness (QED) is 0.813. The number of hydrogen-bond acceptors (Lipinski definition) is 4. The Morgan fingerprint density at radius 2 is 2.15 bits per heavy atom. The summed E-state index contributed by atoms with van der Waals surface area (Å²) in [5, 5.41) is 3.36. The van der Waals surface area contributed by atoms with E-state index in [-0.39, 0.29) is 17.4 Å². The molecule has 0 aromatic rings. The fourth-order valence-corrected chi connectivity index (χ4v) is 3.74. The number of likely N-dealkylation sites (tertiary alicyclic amines) is 1. The van der Waals surface area contributed by atoms with Crippen LogP contribution in [0.3, 0.4) is 0 Å². The second kappa shape index (κ2) is 6.41. The Labute approximate surface area is 121 Å². The Balaban J connectivity index is 1.54. The molecule has 2 unspecified atom stereocenters. The minimum Gasteiger partial charge on any atom is -0.381 e. The Morgan fingerprint density at radius 1 is 1.25 bits per heavy atom. The molecule has 0 bridgehead atoms. The van der Waals surface area contributed by atoms with Crippen LogP contribution in [0.15, 0.2) is 0 Å². The fourth-order valence-electron chi connectivity index (χ4n) is 3.74. The van der Waals surface area contributed by atoms with E-state index in [1.54, 1.807) is 0 Å². The molecule has 0 aromatic carbocycles. The molecule has 0 radical (unpaired) electrons. The Kier molecular flexibility index (Phi) is 4.58. The van der Waals surface area contributed by atoms with Crippen LogP contribution in [-0.2, 0) is 14.3 Å².